The lowest BCUT2D eigenvalue weighted by atomic mass is 9.81. The van der Waals surface area contributed by atoms with E-state index in [1.807, 2.05) is 36.4 Å². The van der Waals surface area contributed by atoms with Crippen molar-refractivity contribution in [2.24, 2.45) is 5.18 Å². The Morgan fingerprint density at radius 3 is 2.37 bits per heavy atom. The topological polar surface area (TPSA) is 42.6 Å². The van der Waals surface area contributed by atoms with Crippen LogP contribution in [-0.2, 0) is 5.41 Å². The zero-order chi connectivity index (χ0) is 20.5. The summed E-state index contributed by atoms with van der Waals surface area (Å²) in [7, 11) is 0. The third-order valence-corrected chi connectivity index (χ3v) is 6.47. The highest BCUT2D eigenvalue weighted by Crippen LogP contribution is 2.55. The van der Waals surface area contributed by atoms with Gasteiger partial charge in [-0.1, -0.05) is 74.5 Å². The minimum Gasteiger partial charge on any atom is -0.456 e. The number of nitrogens with zero attached hydrogens (tertiary/aromatic N) is 1. The molecule has 30 heavy (non-hydrogen) atoms. The van der Waals surface area contributed by atoms with Gasteiger partial charge in [0.15, 0.2) is 0 Å². The maximum atomic E-state index is 11.5. The van der Waals surface area contributed by atoms with Crippen molar-refractivity contribution in [3.8, 4) is 22.3 Å². The average Bonchev–Trinajstić information content (AvgIpc) is 3.26. The summed E-state index contributed by atoms with van der Waals surface area (Å²) in [5.74, 6) is 0. The standard InChI is InChI=1S/C27H19NO2/c1-27(2)21-11-7-10-18(16-8-3-5-12-22(16)28-29)24(21)20-15-14-19-17-9-4-6-13-23(17)30-26(19)25(20)27/h3-15H,1-2H3. The Kier molecular flexibility index (Phi) is 3.37. The summed E-state index contributed by atoms with van der Waals surface area (Å²) in [6, 6.07) is 26.4. The van der Waals surface area contributed by atoms with Crippen LogP contribution < -0.4 is 0 Å². The number of fused-ring (bicyclic) bond motifs is 7. The molecule has 0 fully saturated rings. The van der Waals surface area contributed by atoms with Crippen molar-refractivity contribution in [3.63, 3.8) is 0 Å². The Morgan fingerprint density at radius 1 is 0.733 bits per heavy atom. The zero-order valence-corrected chi connectivity index (χ0v) is 16.8. The van der Waals surface area contributed by atoms with Crippen molar-refractivity contribution in [1.29, 1.82) is 0 Å². The molecule has 1 heterocycles. The van der Waals surface area contributed by atoms with Crippen LogP contribution in [0.15, 0.2) is 88.5 Å². The molecule has 4 aromatic carbocycles. The van der Waals surface area contributed by atoms with Crippen LogP contribution in [0.4, 0.5) is 5.69 Å². The van der Waals surface area contributed by atoms with E-state index in [1.165, 1.54) is 11.1 Å². The third-order valence-electron chi connectivity index (χ3n) is 6.47. The maximum absolute atomic E-state index is 11.5. The quantitative estimate of drug-likeness (QED) is 0.287. The maximum Gasteiger partial charge on any atom is 0.140 e. The van der Waals surface area contributed by atoms with E-state index in [4.69, 9.17) is 4.42 Å². The molecule has 0 N–H and O–H groups in total. The van der Waals surface area contributed by atoms with Crippen molar-refractivity contribution >= 4 is 27.6 Å². The Hall–Kier alpha value is -3.72. The average molecular weight is 389 g/mol. The third kappa shape index (κ3) is 2.09. The van der Waals surface area contributed by atoms with Gasteiger partial charge in [-0.05, 0) is 45.6 Å². The molecule has 144 valence electrons. The molecule has 0 spiro atoms. The van der Waals surface area contributed by atoms with Gasteiger partial charge in [0, 0.05) is 27.3 Å². The Labute approximate surface area is 173 Å². The van der Waals surface area contributed by atoms with Gasteiger partial charge in [0.05, 0.1) is 0 Å². The van der Waals surface area contributed by atoms with E-state index in [9.17, 15) is 4.91 Å². The van der Waals surface area contributed by atoms with Crippen molar-refractivity contribution in [2.75, 3.05) is 0 Å². The van der Waals surface area contributed by atoms with Gasteiger partial charge in [-0.15, -0.1) is 4.91 Å². The Morgan fingerprint density at radius 2 is 1.50 bits per heavy atom. The van der Waals surface area contributed by atoms with Gasteiger partial charge in [-0.3, -0.25) is 0 Å². The van der Waals surface area contributed by atoms with Gasteiger partial charge in [-0.25, -0.2) is 0 Å². The smallest absolute Gasteiger partial charge is 0.140 e. The van der Waals surface area contributed by atoms with Crippen LogP contribution in [0.5, 0.6) is 0 Å². The van der Waals surface area contributed by atoms with Crippen molar-refractivity contribution in [2.45, 2.75) is 19.3 Å². The van der Waals surface area contributed by atoms with Crippen LogP contribution in [-0.4, -0.2) is 0 Å². The predicted molar refractivity (Wildman–Crippen MR) is 122 cm³/mol. The van der Waals surface area contributed by atoms with Crippen molar-refractivity contribution < 1.29 is 4.42 Å². The van der Waals surface area contributed by atoms with Crippen LogP contribution in [0.3, 0.4) is 0 Å². The summed E-state index contributed by atoms with van der Waals surface area (Å²) in [5.41, 5.74) is 8.75. The second-order valence-corrected chi connectivity index (χ2v) is 8.42. The molecule has 0 unspecified atom stereocenters. The monoisotopic (exact) mass is 389 g/mol. The van der Waals surface area contributed by atoms with Crippen LogP contribution >= 0.6 is 0 Å². The van der Waals surface area contributed by atoms with Gasteiger partial charge in [0.1, 0.15) is 16.9 Å². The summed E-state index contributed by atoms with van der Waals surface area (Å²) in [4.78, 5) is 11.5. The summed E-state index contributed by atoms with van der Waals surface area (Å²) in [6.07, 6.45) is 0. The number of hydrogen-bond donors (Lipinski definition) is 0. The Balaban J connectivity index is 1.74. The number of nitroso groups, excluding NO2 is 1. The highest BCUT2D eigenvalue weighted by atomic mass is 16.3. The van der Waals surface area contributed by atoms with Crippen molar-refractivity contribution in [1.82, 2.24) is 0 Å². The molecule has 0 amide bonds. The molecular weight excluding hydrogens is 370 g/mol. The predicted octanol–water partition coefficient (Wildman–Crippen LogP) is 7.96. The van der Waals surface area contributed by atoms with E-state index < -0.39 is 0 Å². The van der Waals surface area contributed by atoms with Gasteiger partial charge in [0.25, 0.3) is 0 Å². The number of furan rings is 1. The highest BCUT2D eigenvalue weighted by Gasteiger charge is 2.40. The molecule has 1 aliphatic carbocycles. The normalized spacial score (nSPS) is 14.1. The Bertz CT molecular complexity index is 1490. The molecule has 0 saturated heterocycles. The molecule has 1 aromatic heterocycles. The largest absolute Gasteiger partial charge is 0.456 e. The fraction of sp³-hybridized carbons (Fsp3) is 0.111. The molecule has 6 rings (SSSR count). The first kappa shape index (κ1) is 17.2. The summed E-state index contributed by atoms with van der Waals surface area (Å²) < 4.78 is 6.38. The lowest BCUT2D eigenvalue weighted by Crippen LogP contribution is -2.15. The van der Waals surface area contributed by atoms with Crippen LogP contribution in [0, 0.1) is 4.91 Å². The zero-order valence-electron chi connectivity index (χ0n) is 16.8. The number of rotatable bonds is 2. The van der Waals surface area contributed by atoms with Crippen LogP contribution in [0.25, 0.3) is 44.2 Å². The van der Waals surface area contributed by atoms with Crippen LogP contribution in [0.1, 0.15) is 25.0 Å². The molecule has 3 heteroatoms. The number of para-hydroxylation sites is 1. The summed E-state index contributed by atoms with van der Waals surface area (Å²) >= 11 is 0. The summed E-state index contributed by atoms with van der Waals surface area (Å²) in [5, 5.41) is 5.55. The van der Waals surface area contributed by atoms with E-state index in [1.54, 1.807) is 6.07 Å². The second kappa shape index (κ2) is 5.90. The van der Waals surface area contributed by atoms with Crippen LogP contribution in [0.2, 0.25) is 0 Å². The first-order valence-electron chi connectivity index (χ1n) is 10.1. The van der Waals surface area contributed by atoms with E-state index in [0.717, 1.165) is 44.2 Å². The lowest BCUT2D eigenvalue weighted by Gasteiger charge is -2.21. The molecule has 5 aromatic rings. The van der Waals surface area contributed by atoms with E-state index in [-0.39, 0.29) is 5.41 Å². The van der Waals surface area contributed by atoms with Gasteiger partial charge in [0.2, 0.25) is 0 Å². The summed E-state index contributed by atoms with van der Waals surface area (Å²) in [6.45, 7) is 4.50. The minimum absolute atomic E-state index is 0.225. The second-order valence-electron chi connectivity index (χ2n) is 8.42. The van der Waals surface area contributed by atoms with Crippen molar-refractivity contribution in [3.05, 3.63) is 94.9 Å². The number of hydrogen-bond acceptors (Lipinski definition) is 3. The minimum atomic E-state index is -0.225. The number of benzene rings is 4. The van der Waals surface area contributed by atoms with E-state index in [2.05, 4.69) is 55.4 Å². The molecule has 1 aliphatic rings. The molecule has 0 bridgehead atoms. The fourth-order valence-corrected chi connectivity index (χ4v) is 5.12. The van der Waals surface area contributed by atoms with Gasteiger partial charge in [-0.2, -0.15) is 0 Å². The molecule has 3 nitrogen and oxygen atoms in total. The van der Waals surface area contributed by atoms with E-state index in [0.29, 0.717) is 5.69 Å². The van der Waals surface area contributed by atoms with Gasteiger partial charge >= 0.3 is 0 Å². The molecule has 0 saturated carbocycles. The molecular formula is C27H19NO2. The molecule has 0 radical (unpaired) electrons. The SMILES string of the molecule is CC1(C)c2cccc(-c3ccccc3N=O)c2-c2ccc3c(oc4ccccc43)c21. The molecule has 0 atom stereocenters. The lowest BCUT2D eigenvalue weighted by molar-refractivity contribution is 0.620. The first-order chi connectivity index (χ1) is 14.6. The first-order valence-corrected chi connectivity index (χ1v) is 10.1. The van der Waals surface area contributed by atoms with Gasteiger partial charge < -0.3 is 4.42 Å². The fourth-order valence-electron chi connectivity index (χ4n) is 5.12. The van der Waals surface area contributed by atoms with E-state index >= 15 is 0 Å². The highest BCUT2D eigenvalue weighted by molar-refractivity contribution is 6.10. The molecule has 0 aliphatic heterocycles.